The molecule has 1 aliphatic rings. The summed E-state index contributed by atoms with van der Waals surface area (Å²) in [6.45, 7) is 3.64. The molecule has 1 aliphatic carbocycles. The zero-order valence-corrected chi connectivity index (χ0v) is 19.0. The minimum atomic E-state index is -0.741. The number of nitrogens with zero attached hydrogens (tertiary/aromatic N) is 3. The van der Waals surface area contributed by atoms with Crippen molar-refractivity contribution in [3.63, 3.8) is 0 Å². The van der Waals surface area contributed by atoms with E-state index in [1.165, 1.54) is 6.07 Å². The lowest BCUT2D eigenvalue weighted by Gasteiger charge is -2.33. The number of carbonyl (C=O) groups is 1. The van der Waals surface area contributed by atoms with E-state index in [9.17, 15) is 14.3 Å². The molecule has 1 fully saturated rings. The third-order valence-corrected chi connectivity index (χ3v) is 6.59. The van der Waals surface area contributed by atoms with Gasteiger partial charge in [0.1, 0.15) is 17.4 Å². The van der Waals surface area contributed by atoms with Crippen molar-refractivity contribution < 1.29 is 19.0 Å². The van der Waals surface area contributed by atoms with Crippen molar-refractivity contribution in [3.05, 3.63) is 60.2 Å². The number of H-pyrrole nitrogens is 1. The Balaban J connectivity index is 1.26. The van der Waals surface area contributed by atoms with Gasteiger partial charge in [-0.1, -0.05) is 0 Å². The van der Waals surface area contributed by atoms with Gasteiger partial charge in [-0.15, -0.1) is 0 Å². The molecule has 34 heavy (non-hydrogen) atoms. The number of imidazole rings is 1. The second-order valence-corrected chi connectivity index (χ2v) is 9.23. The van der Waals surface area contributed by atoms with Crippen molar-refractivity contribution in [1.82, 2.24) is 19.9 Å². The first-order chi connectivity index (χ1) is 16.3. The lowest BCUT2D eigenvalue weighted by molar-refractivity contribution is -0.150. The summed E-state index contributed by atoms with van der Waals surface area (Å²) in [5.74, 6) is -0.00934. The summed E-state index contributed by atoms with van der Waals surface area (Å²) in [4.78, 5) is 27.9. The van der Waals surface area contributed by atoms with Crippen LogP contribution >= 0.6 is 0 Å². The molecule has 0 saturated heterocycles. The average molecular weight is 461 g/mol. The van der Waals surface area contributed by atoms with E-state index in [4.69, 9.17) is 4.74 Å². The van der Waals surface area contributed by atoms with E-state index < -0.39 is 11.4 Å². The second-order valence-electron chi connectivity index (χ2n) is 9.23. The Morgan fingerprint density at radius 2 is 1.85 bits per heavy atom. The molecule has 0 unspecified atom stereocenters. The molecular weight excluding hydrogens is 435 g/mol. The molecule has 4 aromatic rings. The van der Waals surface area contributed by atoms with Gasteiger partial charge in [-0.25, -0.2) is 14.4 Å². The highest BCUT2D eigenvalue weighted by Crippen LogP contribution is 2.37. The van der Waals surface area contributed by atoms with Crippen LogP contribution in [0.4, 0.5) is 4.39 Å². The summed E-state index contributed by atoms with van der Waals surface area (Å²) < 4.78 is 20.1. The molecule has 174 valence electrons. The summed E-state index contributed by atoms with van der Waals surface area (Å²) >= 11 is 0. The summed E-state index contributed by atoms with van der Waals surface area (Å²) in [6.07, 6.45) is 5.96. The van der Waals surface area contributed by atoms with E-state index in [1.807, 2.05) is 31.2 Å². The smallest absolute Gasteiger partial charge is 0.309 e. The number of carboxylic acid groups (broad SMARTS) is 1. The molecule has 7 nitrogen and oxygen atoms in total. The summed E-state index contributed by atoms with van der Waals surface area (Å²) in [5, 5.41) is 9.37. The van der Waals surface area contributed by atoms with Crippen LogP contribution in [0.1, 0.15) is 38.2 Å². The summed E-state index contributed by atoms with van der Waals surface area (Å²) in [7, 11) is 0. The molecule has 3 aromatic heterocycles. The van der Waals surface area contributed by atoms with Crippen molar-refractivity contribution in [3.8, 4) is 28.5 Å². The fourth-order valence-electron chi connectivity index (χ4n) is 4.38. The topological polar surface area (TPSA) is 101 Å². The van der Waals surface area contributed by atoms with Crippen molar-refractivity contribution in [2.24, 2.45) is 5.41 Å². The largest absolute Gasteiger partial charge is 0.481 e. The maximum atomic E-state index is 14.2. The van der Waals surface area contributed by atoms with Gasteiger partial charge in [-0.05, 0) is 75.4 Å². The van der Waals surface area contributed by atoms with E-state index in [0.717, 1.165) is 22.4 Å². The van der Waals surface area contributed by atoms with Crippen LogP contribution in [0.2, 0.25) is 0 Å². The second kappa shape index (κ2) is 8.52. The number of aliphatic carboxylic acids is 1. The number of ether oxygens (including phenoxy) is 1. The van der Waals surface area contributed by atoms with Gasteiger partial charge in [0.05, 0.1) is 16.6 Å². The van der Waals surface area contributed by atoms with Gasteiger partial charge in [0.2, 0.25) is 5.88 Å². The number of carboxylic acids is 1. The predicted octanol–water partition coefficient (Wildman–Crippen LogP) is 5.55. The maximum Gasteiger partial charge on any atom is 0.309 e. The Morgan fingerprint density at radius 3 is 2.50 bits per heavy atom. The van der Waals surface area contributed by atoms with Crippen LogP contribution in [0.15, 0.2) is 48.8 Å². The van der Waals surface area contributed by atoms with Crippen LogP contribution in [-0.4, -0.2) is 37.1 Å². The third-order valence-electron chi connectivity index (χ3n) is 6.59. The number of halogens is 1. The molecular formula is C26H25FN4O3. The van der Waals surface area contributed by atoms with Crippen LogP contribution in [0.25, 0.3) is 33.7 Å². The third kappa shape index (κ3) is 4.23. The predicted molar refractivity (Wildman–Crippen MR) is 126 cm³/mol. The quantitative estimate of drug-likeness (QED) is 0.405. The number of fused-ring (bicyclic) bond motifs is 1. The Bertz CT molecular complexity index is 1340. The normalized spacial score (nSPS) is 20.4. The molecule has 8 heteroatoms. The zero-order valence-electron chi connectivity index (χ0n) is 19.0. The van der Waals surface area contributed by atoms with Gasteiger partial charge in [-0.2, -0.15) is 0 Å². The van der Waals surface area contributed by atoms with Crippen molar-refractivity contribution in [1.29, 1.82) is 0 Å². The molecule has 3 heterocycles. The number of pyridine rings is 2. The Morgan fingerprint density at radius 1 is 1.12 bits per heavy atom. The van der Waals surface area contributed by atoms with Crippen LogP contribution in [0, 0.1) is 18.2 Å². The van der Waals surface area contributed by atoms with E-state index in [0.29, 0.717) is 48.4 Å². The van der Waals surface area contributed by atoms with Crippen molar-refractivity contribution in [2.75, 3.05) is 0 Å². The minimum absolute atomic E-state index is 0.0272. The number of hydrogen-bond donors (Lipinski definition) is 2. The van der Waals surface area contributed by atoms with Gasteiger partial charge >= 0.3 is 5.97 Å². The van der Waals surface area contributed by atoms with Crippen LogP contribution in [-0.2, 0) is 4.79 Å². The van der Waals surface area contributed by atoms with E-state index in [2.05, 4.69) is 19.9 Å². The number of aryl methyl sites for hydroxylation is 1. The first-order valence-corrected chi connectivity index (χ1v) is 11.3. The van der Waals surface area contributed by atoms with E-state index in [1.54, 1.807) is 25.4 Å². The van der Waals surface area contributed by atoms with Crippen LogP contribution in [0.5, 0.6) is 5.88 Å². The fraction of sp³-hybridized carbons (Fsp3) is 0.308. The van der Waals surface area contributed by atoms with Crippen LogP contribution < -0.4 is 4.74 Å². The lowest BCUT2D eigenvalue weighted by atomic mass is 9.75. The highest BCUT2D eigenvalue weighted by atomic mass is 19.1. The van der Waals surface area contributed by atoms with Crippen molar-refractivity contribution in [2.45, 2.75) is 45.6 Å². The van der Waals surface area contributed by atoms with E-state index in [-0.39, 0.29) is 11.9 Å². The number of hydrogen-bond acceptors (Lipinski definition) is 5. The number of rotatable bonds is 5. The lowest BCUT2D eigenvalue weighted by Crippen LogP contribution is -2.36. The SMILES string of the molecule is Cc1cc(F)c2nc(-c3ccc(-c4ccc(OC5CCC(C)(C(=O)O)CC5)nc4)nc3)[nH]c2c1. The van der Waals surface area contributed by atoms with Gasteiger partial charge in [0, 0.05) is 29.6 Å². The molecule has 0 radical (unpaired) electrons. The number of nitrogens with one attached hydrogen (secondary N) is 1. The maximum absolute atomic E-state index is 14.2. The van der Waals surface area contributed by atoms with Crippen molar-refractivity contribution >= 4 is 17.0 Å². The van der Waals surface area contributed by atoms with Gasteiger partial charge in [0.15, 0.2) is 5.82 Å². The fourth-order valence-corrected chi connectivity index (χ4v) is 4.38. The molecule has 0 spiro atoms. The Kier molecular flexibility index (Phi) is 5.51. The molecule has 0 atom stereocenters. The Labute approximate surface area is 196 Å². The van der Waals surface area contributed by atoms with Gasteiger partial charge < -0.3 is 14.8 Å². The van der Waals surface area contributed by atoms with Gasteiger partial charge in [-0.3, -0.25) is 9.78 Å². The summed E-state index contributed by atoms with van der Waals surface area (Å²) in [5.41, 5.74) is 3.48. The minimum Gasteiger partial charge on any atom is -0.481 e. The number of aromatic amines is 1. The van der Waals surface area contributed by atoms with Crippen LogP contribution in [0.3, 0.4) is 0 Å². The molecule has 5 rings (SSSR count). The molecule has 1 aromatic carbocycles. The monoisotopic (exact) mass is 460 g/mol. The number of aromatic nitrogens is 4. The highest BCUT2D eigenvalue weighted by Gasteiger charge is 2.38. The standard InChI is InChI=1S/C26H25FN4O3/c1-15-11-19(27)23-21(12-15)30-24(31-23)17-3-5-20(28-14-17)16-4-6-22(29-13-16)34-18-7-9-26(2,10-8-18)25(32)33/h3-6,11-14,18H,7-10H2,1-2H3,(H,30,31)(H,32,33). The highest BCUT2D eigenvalue weighted by molar-refractivity contribution is 5.80. The molecule has 0 bridgehead atoms. The first kappa shape index (κ1) is 22.0. The average Bonchev–Trinajstić information content (AvgIpc) is 3.26. The molecule has 1 saturated carbocycles. The molecule has 0 amide bonds. The molecule has 2 N–H and O–H groups in total. The zero-order chi connectivity index (χ0) is 23.9. The van der Waals surface area contributed by atoms with E-state index >= 15 is 0 Å². The summed E-state index contributed by atoms with van der Waals surface area (Å²) in [6, 6.07) is 10.8. The Hall–Kier alpha value is -3.81. The van der Waals surface area contributed by atoms with Gasteiger partial charge in [0.25, 0.3) is 0 Å². The number of benzene rings is 1. The first-order valence-electron chi connectivity index (χ1n) is 11.3. The molecule has 0 aliphatic heterocycles.